The minimum atomic E-state index is -4.57. The van der Waals surface area contributed by atoms with E-state index >= 15 is 0 Å². The van der Waals surface area contributed by atoms with Crippen molar-refractivity contribution in [3.8, 4) is 0 Å². The molecule has 2 aliphatic rings. The average Bonchev–Trinajstić information content (AvgIpc) is 3.20. The molecule has 2 aromatic carbocycles. The van der Waals surface area contributed by atoms with Crippen molar-refractivity contribution in [2.24, 2.45) is 5.41 Å². The summed E-state index contributed by atoms with van der Waals surface area (Å²) in [5.41, 5.74) is 4.95. The van der Waals surface area contributed by atoms with Crippen molar-refractivity contribution in [2.45, 2.75) is 53.0 Å². The van der Waals surface area contributed by atoms with Crippen LogP contribution >= 0.6 is 0 Å². The molecule has 2 aliphatic carbocycles. The Bertz CT molecular complexity index is 1220. The van der Waals surface area contributed by atoms with Gasteiger partial charge in [-0.3, -0.25) is 0 Å². The van der Waals surface area contributed by atoms with Crippen LogP contribution in [0.15, 0.2) is 66.3 Å². The zero-order chi connectivity index (χ0) is 22.4. The Hall–Kier alpha value is -0.183. The molecule has 178 valence electrons. The van der Waals surface area contributed by atoms with Gasteiger partial charge < -0.3 is 24.8 Å². The van der Waals surface area contributed by atoms with Crippen molar-refractivity contribution in [1.82, 2.24) is 0 Å². The summed E-state index contributed by atoms with van der Waals surface area (Å²) < 4.78 is 12.4. The van der Waals surface area contributed by atoms with E-state index in [1.165, 1.54) is 37.5 Å². The van der Waals surface area contributed by atoms with E-state index in [-0.39, 0.29) is 24.8 Å². The van der Waals surface area contributed by atoms with Crippen molar-refractivity contribution in [2.75, 3.05) is 0 Å². The summed E-state index contributed by atoms with van der Waals surface area (Å²) in [7, 11) is 2.49. The van der Waals surface area contributed by atoms with Crippen LogP contribution in [0, 0.1) is 5.41 Å². The van der Waals surface area contributed by atoms with E-state index in [9.17, 15) is 0 Å². The number of hydrogen-bond acceptors (Lipinski definition) is 0. The van der Waals surface area contributed by atoms with Gasteiger partial charge in [-0.1, -0.05) is 0 Å². The third-order valence-corrected chi connectivity index (χ3v) is 46.9. The zero-order valence-corrected chi connectivity index (χ0v) is 29.4. The molecule has 0 saturated carbocycles. The molecule has 4 rings (SSSR count). The van der Waals surface area contributed by atoms with Crippen LogP contribution in [0.2, 0.25) is 22.2 Å². The van der Waals surface area contributed by atoms with Crippen LogP contribution in [0.3, 0.4) is 0 Å². The average molecular weight is 585 g/mol. The van der Waals surface area contributed by atoms with Gasteiger partial charge in [-0.05, 0) is 0 Å². The number of halogens is 2. The Kier molecular flexibility index (Phi) is 5.38. The quantitative estimate of drug-likeness (QED) is 0.466. The Balaban J connectivity index is 0.00000181. The molecular formula is C27H42Cl2Si2Zr-2. The minimum absolute atomic E-state index is 0. The standard InChI is InChI=1S/C13H9.C10H15.4CH3.2ClH.2H3Si.Zr/c1-2-6-12-10(4-1)8-9-11-5-3-7-13(11)12;1-10(2,3)8-9-6-4-5-7-9;;;;;;;;;/h1-9H;4-7H,8H2,1-3H3;4*1H3;2*1H;2*1H3;/p-2. The summed E-state index contributed by atoms with van der Waals surface area (Å²) in [5.74, 6) is 0. The first-order valence-corrected chi connectivity index (χ1v) is 41.3. The van der Waals surface area contributed by atoms with E-state index in [0.717, 1.165) is 0 Å². The Morgan fingerprint density at radius 1 is 0.844 bits per heavy atom. The van der Waals surface area contributed by atoms with Crippen molar-refractivity contribution >= 4 is 31.6 Å². The minimum Gasteiger partial charge on any atom is -1.00 e. The third-order valence-electron chi connectivity index (χ3n) is 8.68. The first-order chi connectivity index (χ1) is 13.2. The molecule has 2 unspecified atom stereocenters. The molecule has 0 saturated heterocycles. The Labute approximate surface area is 203 Å². The molecule has 2 aromatic rings. The molecule has 0 spiro atoms. The van der Waals surface area contributed by atoms with E-state index in [4.69, 9.17) is 0 Å². The van der Waals surface area contributed by atoms with Gasteiger partial charge in [0, 0.05) is 0 Å². The van der Waals surface area contributed by atoms with Crippen LogP contribution in [0.1, 0.15) is 41.9 Å². The van der Waals surface area contributed by atoms with Crippen molar-refractivity contribution in [3.05, 3.63) is 77.4 Å². The summed E-state index contributed by atoms with van der Waals surface area (Å²) in [6, 6.07) is 13.7. The number of benzene rings is 2. The van der Waals surface area contributed by atoms with E-state index in [0.29, 0.717) is 12.7 Å². The normalized spacial score (nSPS) is 25.0. The molecule has 5 heteroatoms. The predicted molar refractivity (Wildman–Crippen MR) is 144 cm³/mol. The van der Waals surface area contributed by atoms with Gasteiger partial charge >= 0.3 is 180 Å². The summed E-state index contributed by atoms with van der Waals surface area (Å²) in [5, 5.41) is 2.78. The summed E-state index contributed by atoms with van der Waals surface area (Å²) in [6.07, 6.45) is 14.0. The van der Waals surface area contributed by atoms with Gasteiger partial charge in [0.1, 0.15) is 0 Å². The zero-order valence-electron chi connectivity index (χ0n) is 21.5. The summed E-state index contributed by atoms with van der Waals surface area (Å²) >= 11 is -4.57. The molecule has 0 nitrogen and oxygen atoms in total. The van der Waals surface area contributed by atoms with Gasteiger partial charge in [0.15, 0.2) is 0 Å². The van der Waals surface area contributed by atoms with Crippen LogP contribution in [0.4, 0.5) is 0 Å². The second-order valence-corrected chi connectivity index (χ2v) is 162. The van der Waals surface area contributed by atoms with Gasteiger partial charge in [-0.2, -0.15) is 0 Å². The molecule has 32 heavy (non-hydrogen) atoms. The Morgan fingerprint density at radius 2 is 1.47 bits per heavy atom. The molecule has 2 atom stereocenters. The largest absolute Gasteiger partial charge is 1.00 e. The second kappa shape index (κ2) is 6.14. The van der Waals surface area contributed by atoms with Crippen LogP contribution < -0.4 is 24.8 Å². The number of rotatable bonds is 3. The first-order valence-electron chi connectivity index (χ1n) is 11.8. The Morgan fingerprint density at radius 3 is 2.09 bits per heavy atom. The van der Waals surface area contributed by atoms with Crippen molar-refractivity contribution in [3.63, 3.8) is 0 Å². The molecule has 0 aliphatic heterocycles. The SMILES string of the molecule is CC(C)(C)CC1=C[CH]([Zr]([CH3])([CH3])([CH3])([CH3])([SiH3])([SiH3])[CH]2C=Cc3c2ccc2ccccc32)C=C1.[Cl-].[Cl-]. The third kappa shape index (κ3) is 4.42. The molecular weight excluding hydrogens is 543 g/mol. The molecule has 0 radical (unpaired) electrons. The molecule has 0 aromatic heterocycles. The van der Waals surface area contributed by atoms with Gasteiger partial charge in [0.2, 0.25) is 0 Å². The van der Waals surface area contributed by atoms with Gasteiger partial charge in [-0.25, -0.2) is 0 Å². The van der Waals surface area contributed by atoms with Crippen LogP contribution in [0.25, 0.3) is 16.8 Å². The maximum Gasteiger partial charge on any atom is -1.00 e. The second-order valence-electron chi connectivity index (χ2n) is 19.1. The van der Waals surface area contributed by atoms with E-state index in [1.807, 2.05) is 0 Å². The molecule has 0 fully saturated rings. The van der Waals surface area contributed by atoms with Crippen LogP contribution in [-0.4, -0.2) is 14.7 Å². The van der Waals surface area contributed by atoms with Gasteiger partial charge in [0.05, 0.1) is 0 Å². The summed E-state index contributed by atoms with van der Waals surface area (Å²) in [4.78, 5) is 0. The molecule has 0 bridgehead atoms. The number of fused-ring (bicyclic) bond motifs is 3. The van der Waals surface area contributed by atoms with E-state index in [2.05, 4.69) is 106 Å². The maximum atomic E-state index is 2.81. The van der Waals surface area contributed by atoms with Crippen molar-refractivity contribution in [1.29, 1.82) is 0 Å². The molecule has 0 heterocycles. The predicted octanol–water partition coefficient (Wildman–Crippen LogP) is 0.687. The smallest absolute Gasteiger partial charge is 1.00 e. The fourth-order valence-electron chi connectivity index (χ4n) is 6.41. The number of hydrogen-bond donors (Lipinski definition) is 0. The van der Waals surface area contributed by atoms with Gasteiger partial charge in [0.25, 0.3) is 0 Å². The van der Waals surface area contributed by atoms with E-state index < -0.39 is 12.7 Å². The van der Waals surface area contributed by atoms with Crippen LogP contribution in [-0.2, 0) is 12.7 Å². The molecule has 0 amide bonds. The fourth-order valence-corrected chi connectivity index (χ4v) is 33.2. The van der Waals surface area contributed by atoms with Gasteiger partial charge in [-0.15, -0.1) is 0 Å². The maximum absolute atomic E-state index is 4.57. The number of allylic oxidation sites excluding steroid dienone is 5. The van der Waals surface area contributed by atoms with E-state index in [1.54, 1.807) is 11.1 Å². The fraction of sp³-hybridized carbons (Fsp3) is 0.407. The van der Waals surface area contributed by atoms with Crippen molar-refractivity contribution < 1.29 is 37.5 Å². The molecule has 0 N–H and O–H groups in total. The van der Waals surface area contributed by atoms with Crippen LogP contribution in [0.5, 0.6) is 0 Å². The summed E-state index contributed by atoms with van der Waals surface area (Å²) in [6.45, 7) is 7.08. The monoisotopic (exact) mass is 582 g/mol. The topological polar surface area (TPSA) is 0 Å². The first kappa shape index (κ1) is 28.1.